The summed E-state index contributed by atoms with van der Waals surface area (Å²) in [6, 6.07) is 23.8. The number of hydrogen-bond donors (Lipinski definition) is 0. The van der Waals surface area contributed by atoms with Crippen molar-refractivity contribution >= 4 is 51.3 Å². The minimum absolute atomic E-state index is 0.138. The number of hydrogen-bond acceptors (Lipinski definition) is 2. The van der Waals surface area contributed by atoms with Gasteiger partial charge in [-0.15, -0.1) is 0 Å². The highest BCUT2D eigenvalue weighted by molar-refractivity contribution is 6.42. The summed E-state index contributed by atoms with van der Waals surface area (Å²) in [5, 5.41) is 18.6. The lowest BCUT2D eigenvalue weighted by Gasteiger charge is -2.15. The van der Waals surface area contributed by atoms with Crippen LogP contribution in [0.5, 0.6) is 0 Å². The van der Waals surface area contributed by atoms with Crippen molar-refractivity contribution < 1.29 is 4.92 Å². The van der Waals surface area contributed by atoms with Gasteiger partial charge >= 0.3 is 0 Å². The monoisotopic (exact) mass is 335 g/mol. The van der Waals surface area contributed by atoms with E-state index < -0.39 is 0 Å². The van der Waals surface area contributed by atoms with E-state index in [4.69, 9.17) is 0 Å². The van der Waals surface area contributed by atoms with E-state index in [9.17, 15) is 10.1 Å². The lowest BCUT2D eigenvalue weighted by molar-refractivity contribution is -0.384. The summed E-state index contributed by atoms with van der Waals surface area (Å²) in [4.78, 5) is 11.2. The maximum absolute atomic E-state index is 11.5. The Balaban J connectivity index is 1.98. The first-order chi connectivity index (χ1) is 12.6. The molecule has 5 aromatic carbocycles. The highest BCUT2D eigenvalue weighted by Gasteiger charge is 2.18. The second kappa shape index (κ2) is 5.30. The van der Waals surface area contributed by atoms with Crippen LogP contribution in [0, 0.1) is 10.1 Å². The van der Waals surface area contributed by atoms with Crippen LogP contribution in [0.4, 0.5) is 5.69 Å². The number of para-hydroxylation sites is 1. The molecule has 0 saturated heterocycles. The van der Waals surface area contributed by atoms with Crippen molar-refractivity contribution in [2.75, 3.05) is 0 Å². The molecule has 0 atom stereocenters. The molecule has 4 heteroatoms. The highest BCUT2D eigenvalue weighted by atomic mass is 16.6. The number of rotatable bonds is 2. The summed E-state index contributed by atoms with van der Waals surface area (Å²) in [5.41, 5.74) is 2.94. The van der Waals surface area contributed by atoms with Gasteiger partial charge in [-0.25, -0.2) is 0 Å². The summed E-state index contributed by atoms with van der Waals surface area (Å²) in [5.74, 6) is 0. The minimum Gasteiger partial charge on any atom is -0.258 e. The standard InChI is InChI=1S/C22H14BNO2/c23-19-12-8-14-6-5-13-7-9-15(16-3-1-2-4-20(16)24(25)26)17-10-11-18(19)22(14)21(13)17/h1-12H,23H2. The van der Waals surface area contributed by atoms with Gasteiger partial charge in [0.1, 0.15) is 7.85 Å². The van der Waals surface area contributed by atoms with Crippen molar-refractivity contribution in [3.05, 3.63) is 82.9 Å². The Kier molecular flexibility index (Phi) is 3.04. The molecule has 0 unspecified atom stereocenters. The molecule has 5 rings (SSSR count). The normalized spacial score (nSPS) is 11.5. The van der Waals surface area contributed by atoms with E-state index in [1.807, 2.05) is 18.2 Å². The van der Waals surface area contributed by atoms with Crippen molar-refractivity contribution in [1.82, 2.24) is 0 Å². The quantitative estimate of drug-likeness (QED) is 0.207. The molecule has 0 radical (unpaired) electrons. The van der Waals surface area contributed by atoms with E-state index in [1.165, 1.54) is 27.0 Å². The molecule has 0 bridgehead atoms. The first kappa shape index (κ1) is 14.9. The maximum Gasteiger partial charge on any atom is 0.277 e. The Morgan fingerprint density at radius 3 is 2.08 bits per heavy atom. The SMILES string of the molecule is Bc1ccc2ccc3ccc(-c4ccccc4[N+](=O)[O-])c4ccc1c2c34. The molecule has 0 amide bonds. The summed E-state index contributed by atoms with van der Waals surface area (Å²) in [7, 11) is 2.12. The van der Waals surface area contributed by atoms with Crippen molar-refractivity contribution in [2.45, 2.75) is 0 Å². The molecule has 122 valence electrons. The Morgan fingerprint density at radius 1 is 0.692 bits per heavy atom. The Labute approximate surface area is 150 Å². The van der Waals surface area contributed by atoms with Crippen LogP contribution < -0.4 is 5.46 Å². The molecule has 0 fully saturated rings. The zero-order valence-corrected chi connectivity index (χ0v) is 14.2. The van der Waals surface area contributed by atoms with Crippen LogP contribution in [0.2, 0.25) is 0 Å². The predicted octanol–water partition coefficient (Wildman–Crippen LogP) is 4.42. The first-order valence-electron chi connectivity index (χ1n) is 8.56. The van der Waals surface area contributed by atoms with Gasteiger partial charge in [-0.1, -0.05) is 66.1 Å². The molecular weight excluding hydrogens is 321 g/mol. The summed E-state index contributed by atoms with van der Waals surface area (Å²) in [6.45, 7) is 0. The van der Waals surface area contributed by atoms with Gasteiger partial charge < -0.3 is 0 Å². The van der Waals surface area contributed by atoms with Gasteiger partial charge in [-0.3, -0.25) is 10.1 Å². The lowest BCUT2D eigenvalue weighted by atomic mass is 9.84. The number of nitrogens with zero attached hydrogens (tertiary/aromatic N) is 1. The molecule has 0 aliphatic carbocycles. The topological polar surface area (TPSA) is 43.1 Å². The van der Waals surface area contributed by atoms with E-state index in [2.05, 4.69) is 50.3 Å². The zero-order chi connectivity index (χ0) is 17.8. The molecule has 0 spiro atoms. The molecule has 0 heterocycles. The summed E-state index contributed by atoms with van der Waals surface area (Å²) in [6.07, 6.45) is 0. The fourth-order valence-electron chi connectivity index (χ4n) is 4.04. The molecule has 0 saturated carbocycles. The molecular formula is C22H14BNO2. The van der Waals surface area contributed by atoms with E-state index in [-0.39, 0.29) is 10.6 Å². The van der Waals surface area contributed by atoms with Gasteiger partial charge in [0.25, 0.3) is 5.69 Å². The van der Waals surface area contributed by atoms with Crippen LogP contribution in [-0.4, -0.2) is 12.8 Å². The van der Waals surface area contributed by atoms with Crippen LogP contribution in [0.1, 0.15) is 0 Å². The van der Waals surface area contributed by atoms with Crippen LogP contribution in [0.25, 0.3) is 43.4 Å². The number of benzene rings is 5. The third-order valence-corrected chi connectivity index (χ3v) is 5.27. The van der Waals surface area contributed by atoms with E-state index in [1.54, 1.807) is 12.1 Å². The van der Waals surface area contributed by atoms with Crippen molar-refractivity contribution in [2.24, 2.45) is 0 Å². The third kappa shape index (κ3) is 1.96. The van der Waals surface area contributed by atoms with Crippen LogP contribution in [0.15, 0.2) is 72.8 Å². The largest absolute Gasteiger partial charge is 0.277 e. The van der Waals surface area contributed by atoms with Crippen molar-refractivity contribution in [3.8, 4) is 11.1 Å². The van der Waals surface area contributed by atoms with Gasteiger partial charge in [0.15, 0.2) is 0 Å². The summed E-state index contributed by atoms with van der Waals surface area (Å²) < 4.78 is 0. The van der Waals surface area contributed by atoms with Gasteiger partial charge in [0.2, 0.25) is 0 Å². The first-order valence-corrected chi connectivity index (χ1v) is 8.56. The molecule has 5 aromatic rings. The number of nitro groups is 1. The Morgan fingerprint density at radius 2 is 1.31 bits per heavy atom. The fourth-order valence-corrected chi connectivity index (χ4v) is 4.04. The molecule has 0 aliphatic heterocycles. The third-order valence-electron chi connectivity index (χ3n) is 5.27. The second-order valence-electron chi connectivity index (χ2n) is 6.69. The number of nitro benzene ring substituents is 1. The van der Waals surface area contributed by atoms with E-state index >= 15 is 0 Å². The maximum atomic E-state index is 11.5. The van der Waals surface area contributed by atoms with Gasteiger partial charge in [-0.2, -0.15) is 0 Å². The molecule has 0 aliphatic rings. The molecule has 0 aromatic heterocycles. The highest BCUT2D eigenvalue weighted by Crippen LogP contribution is 2.40. The van der Waals surface area contributed by atoms with Gasteiger partial charge in [0, 0.05) is 6.07 Å². The molecule has 3 nitrogen and oxygen atoms in total. The lowest BCUT2D eigenvalue weighted by Crippen LogP contribution is -2.03. The Bertz CT molecular complexity index is 1330. The summed E-state index contributed by atoms with van der Waals surface area (Å²) >= 11 is 0. The average molecular weight is 335 g/mol. The average Bonchev–Trinajstić information content (AvgIpc) is 2.67. The fraction of sp³-hybridized carbons (Fsp3) is 0. The van der Waals surface area contributed by atoms with Crippen LogP contribution in [-0.2, 0) is 0 Å². The Hall–Kier alpha value is -3.40. The van der Waals surface area contributed by atoms with Gasteiger partial charge in [0.05, 0.1) is 10.5 Å². The minimum atomic E-state index is -0.308. The molecule has 0 N–H and O–H groups in total. The van der Waals surface area contributed by atoms with Crippen molar-refractivity contribution in [1.29, 1.82) is 0 Å². The van der Waals surface area contributed by atoms with Gasteiger partial charge in [-0.05, 0) is 43.9 Å². The van der Waals surface area contributed by atoms with Crippen LogP contribution in [0.3, 0.4) is 0 Å². The second-order valence-corrected chi connectivity index (χ2v) is 6.69. The smallest absolute Gasteiger partial charge is 0.258 e. The zero-order valence-electron chi connectivity index (χ0n) is 14.2. The van der Waals surface area contributed by atoms with Crippen molar-refractivity contribution in [3.63, 3.8) is 0 Å². The van der Waals surface area contributed by atoms with E-state index in [0.717, 1.165) is 16.3 Å². The predicted molar refractivity (Wildman–Crippen MR) is 110 cm³/mol. The molecule has 26 heavy (non-hydrogen) atoms. The van der Waals surface area contributed by atoms with E-state index in [0.29, 0.717) is 5.56 Å². The van der Waals surface area contributed by atoms with Crippen LogP contribution >= 0.6 is 0 Å².